The minimum Gasteiger partial charge on any atom is -0.336 e. The second-order valence-electron chi connectivity index (χ2n) is 8.99. The van der Waals surface area contributed by atoms with Gasteiger partial charge in [-0.05, 0) is 73.9 Å². The number of amides is 1. The van der Waals surface area contributed by atoms with Gasteiger partial charge in [-0.3, -0.25) is 14.7 Å². The smallest absolute Gasteiger partial charge is 0.254 e. The van der Waals surface area contributed by atoms with Crippen LogP contribution in [0.3, 0.4) is 0 Å². The fourth-order valence-corrected chi connectivity index (χ4v) is 4.62. The molecule has 2 atom stereocenters. The van der Waals surface area contributed by atoms with Crippen molar-refractivity contribution in [2.75, 3.05) is 19.6 Å². The van der Waals surface area contributed by atoms with Crippen molar-refractivity contribution >= 4 is 5.91 Å². The summed E-state index contributed by atoms with van der Waals surface area (Å²) in [7, 11) is 0. The molecule has 172 valence electrons. The number of hydrogen-bond acceptors (Lipinski definition) is 3. The van der Waals surface area contributed by atoms with E-state index >= 15 is 0 Å². The van der Waals surface area contributed by atoms with E-state index in [4.69, 9.17) is 0 Å². The zero-order chi connectivity index (χ0) is 23.4. The third kappa shape index (κ3) is 5.63. The van der Waals surface area contributed by atoms with E-state index in [2.05, 4.69) is 9.88 Å². The Morgan fingerprint density at radius 2 is 1.67 bits per heavy atom. The van der Waals surface area contributed by atoms with Crippen molar-refractivity contribution < 1.29 is 13.6 Å². The van der Waals surface area contributed by atoms with Gasteiger partial charge in [-0.15, -0.1) is 0 Å². The first-order valence-corrected chi connectivity index (χ1v) is 11.3. The van der Waals surface area contributed by atoms with E-state index in [0.29, 0.717) is 12.1 Å². The maximum Gasteiger partial charge on any atom is 0.254 e. The van der Waals surface area contributed by atoms with E-state index in [9.17, 15) is 13.6 Å². The van der Waals surface area contributed by atoms with Crippen molar-refractivity contribution in [1.29, 1.82) is 0 Å². The number of aromatic nitrogens is 1. The van der Waals surface area contributed by atoms with Gasteiger partial charge in [-0.25, -0.2) is 8.78 Å². The third-order valence-corrected chi connectivity index (χ3v) is 6.33. The number of rotatable bonds is 7. The summed E-state index contributed by atoms with van der Waals surface area (Å²) in [5.41, 5.74) is 2.55. The van der Waals surface area contributed by atoms with Crippen LogP contribution in [-0.2, 0) is 6.54 Å². The standard InChI is InChI=1S/C27H29F2N3O/c1-19(2)32(27(33)21-8-12-24(29)13-9-21)16-22-15-31(17-25-5-3-4-14-30-25)18-26(22)20-6-10-23(28)11-7-20/h3-14,19,22,26H,15-18H2,1-2H3. The van der Waals surface area contributed by atoms with Gasteiger partial charge in [0.25, 0.3) is 5.91 Å². The molecule has 1 aromatic heterocycles. The van der Waals surface area contributed by atoms with E-state index in [1.54, 1.807) is 6.20 Å². The molecule has 0 aliphatic carbocycles. The lowest BCUT2D eigenvalue weighted by Crippen LogP contribution is -2.42. The van der Waals surface area contributed by atoms with Crippen LogP contribution < -0.4 is 0 Å². The van der Waals surface area contributed by atoms with Crippen LogP contribution in [0.25, 0.3) is 0 Å². The van der Waals surface area contributed by atoms with Crippen molar-refractivity contribution in [2.24, 2.45) is 5.92 Å². The molecular weight excluding hydrogens is 420 g/mol. The van der Waals surface area contributed by atoms with Crippen LogP contribution in [0.5, 0.6) is 0 Å². The molecule has 0 bridgehead atoms. The highest BCUT2D eigenvalue weighted by molar-refractivity contribution is 5.94. The molecule has 0 saturated carbocycles. The van der Waals surface area contributed by atoms with Crippen molar-refractivity contribution in [1.82, 2.24) is 14.8 Å². The van der Waals surface area contributed by atoms with E-state index in [-0.39, 0.29) is 35.4 Å². The SMILES string of the molecule is CC(C)N(CC1CN(Cc2ccccn2)CC1c1ccc(F)cc1)C(=O)c1ccc(F)cc1. The summed E-state index contributed by atoms with van der Waals surface area (Å²) in [6.45, 7) is 6.89. The number of halogens is 2. The number of likely N-dealkylation sites (tertiary alicyclic amines) is 1. The van der Waals surface area contributed by atoms with E-state index in [1.165, 1.54) is 36.4 Å². The summed E-state index contributed by atoms with van der Waals surface area (Å²) in [5.74, 6) is -0.387. The van der Waals surface area contributed by atoms with Crippen molar-refractivity contribution in [3.8, 4) is 0 Å². The highest BCUT2D eigenvalue weighted by atomic mass is 19.1. The molecule has 2 aromatic carbocycles. The number of hydrogen-bond donors (Lipinski definition) is 0. The molecule has 2 heterocycles. The van der Waals surface area contributed by atoms with Gasteiger partial charge < -0.3 is 4.90 Å². The normalized spacial score (nSPS) is 18.6. The number of pyridine rings is 1. The maximum absolute atomic E-state index is 13.6. The predicted octanol–water partition coefficient (Wildman–Crippen LogP) is 5.13. The van der Waals surface area contributed by atoms with Gasteiger partial charge in [0.15, 0.2) is 0 Å². The zero-order valence-corrected chi connectivity index (χ0v) is 19.0. The van der Waals surface area contributed by atoms with Crippen LogP contribution in [0.15, 0.2) is 72.9 Å². The van der Waals surface area contributed by atoms with Gasteiger partial charge in [0.1, 0.15) is 11.6 Å². The largest absolute Gasteiger partial charge is 0.336 e. The molecule has 33 heavy (non-hydrogen) atoms. The van der Waals surface area contributed by atoms with Gasteiger partial charge in [0, 0.05) is 49.9 Å². The van der Waals surface area contributed by atoms with Gasteiger partial charge in [-0.1, -0.05) is 18.2 Å². The Morgan fingerprint density at radius 3 is 2.27 bits per heavy atom. The Morgan fingerprint density at radius 1 is 1.00 bits per heavy atom. The molecule has 1 fully saturated rings. The summed E-state index contributed by atoms with van der Waals surface area (Å²) >= 11 is 0. The van der Waals surface area contributed by atoms with E-state index < -0.39 is 0 Å². The van der Waals surface area contributed by atoms with Crippen LogP contribution in [0.1, 0.15) is 41.4 Å². The Hall–Kier alpha value is -3.12. The first-order chi connectivity index (χ1) is 15.9. The second-order valence-corrected chi connectivity index (χ2v) is 8.99. The Kier molecular flexibility index (Phi) is 7.14. The molecule has 1 amide bonds. The van der Waals surface area contributed by atoms with Gasteiger partial charge in [-0.2, -0.15) is 0 Å². The van der Waals surface area contributed by atoms with E-state index in [1.807, 2.05) is 49.1 Å². The van der Waals surface area contributed by atoms with Gasteiger partial charge in [0.2, 0.25) is 0 Å². The third-order valence-electron chi connectivity index (χ3n) is 6.33. The number of nitrogens with zero attached hydrogens (tertiary/aromatic N) is 3. The highest BCUT2D eigenvalue weighted by Gasteiger charge is 2.36. The Balaban J connectivity index is 1.57. The lowest BCUT2D eigenvalue weighted by molar-refractivity contribution is 0.0668. The van der Waals surface area contributed by atoms with E-state index in [0.717, 1.165) is 30.9 Å². The molecule has 6 heteroatoms. The molecule has 4 rings (SSSR count). The monoisotopic (exact) mass is 449 g/mol. The summed E-state index contributed by atoms with van der Waals surface area (Å²) in [6, 6.07) is 18.3. The average Bonchev–Trinajstić information content (AvgIpc) is 3.20. The summed E-state index contributed by atoms with van der Waals surface area (Å²) in [5, 5.41) is 0. The number of benzene rings is 2. The second kappa shape index (κ2) is 10.2. The minimum atomic E-state index is -0.361. The predicted molar refractivity (Wildman–Crippen MR) is 125 cm³/mol. The molecule has 0 N–H and O–H groups in total. The molecule has 0 spiro atoms. The number of carbonyl (C=O) groups is 1. The zero-order valence-electron chi connectivity index (χ0n) is 19.0. The van der Waals surface area contributed by atoms with Crippen LogP contribution in [-0.4, -0.2) is 46.4 Å². The summed E-state index contributed by atoms with van der Waals surface area (Å²) in [4.78, 5) is 21.9. The van der Waals surface area contributed by atoms with Gasteiger partial charge in [0.05, 0.1) is 5.69 Å². The molecule has 1 aliphatic rings. The average molecular weight is 450 g/mol. The van der Waals surface area contributed by atoms with Gasteiger partial charge >= 0.3 is 0 Å². The lowest BCUT2D eigenvalue weighted by atomic mass is 9.88. The Labute approximate surface area is 193 Å². The fourth-order valence-electron chi connectivity index (χ4n) is 4.62. The highest BCUT2D eigenvalue weighted by Crippen LogP contribution is 2.34. The van der Waals surface area contributed by atoms with Crippen molar-refractivity contribution in [3.05, 3.63) is 101 Å². The minimum absolute atomic E-state index is 0.0127. The maximum atomic E-state index is 13.6. The molecule has 2 unspecified atom stereocenters. The molecular formula is C27H29F2N3O. The van der Waals surface area contributed by atoms with Crippen LogP contribution in [0, 0.1) is 17.6 Å². The molecule has 3 aromatic rings. The Bertz CT molecular complexity index is 1050. The van der Waals surface area contributed by atoms with Crippen LogP contribution in [0.2, 0.25) is 0 Å². The number of carbonyl (C=O) groups excluding carboxylic acids is 1. The first kappa shape index (κ1) is 23.1. The van der Waals surface area contributed by atoms with Crippen LogP contribution in [0.4, 0.5) is 8.78 Å². The molecule has 1 saturated heterocycles. The quantitative estimate of drug-likeness (QED) is 0.502. The van der Waals surface area contributed by atoms with Crippen molar-refractivity contribution in [3.63, 3.8) is 0 Å². The summed E-state index contributed by atoms with van der Waals surface area (Å²) in [6.07, 6.45) is 1.79. The fraction of sp³-hybridized carbons (Fsp3) is 0.333. The molecule has 1 aliphatic heterocycles. The van der Waals surface area contributed by atoms with Crippen LogP contribution >= 0.6 is 0 Å². The summed E-state index contributed by atoms with van der Waals surface area (Å²) < 4.78 is 26.9. The first-order valence-electron chi connectivity index (χ1n) is 11.3. The molecule has 4 nitrogen and oxygen atoms in total. The van der Waals surface area contributed by atoms with Crippen molar-refractivity contribution in [2.45, 2.75) is 32.4 Å². The topological polar surface area (TPSA) is 36.4 Å². The molecule has 0 radical (unpaired) electrons. The lowest BCUT2D eigenvalue weighted by Gasteiger charge is -2.32.